The van der Waals surface area contributed by atoms with Crippen LogP contribution in [0.3, 0.4) is 0 Å². The Morgan fingerprint density at radius 1 is 1.23 bits per heavy atom. The molecule has 2 aromatic rings. The zero-order valence-electron chi connectivity index (χ0n) is 18.5. The van der Waals surface area contributed by atoms with E-state index in [1.54, 1.807) is 13.2 Å². The summed E-state index contributed by atoms with van der Waals surface area (Å²) in [6.45, 7) is 6.25. The van der Waals surface area contributed by atoms with E-state index in [2.05, 4.69) is 10.2 Å². The molecule has 0 radical (unpaired) electrons. The highest BCUT2D eigenvalue weighted by Gasteiger charge is 2.36. The van der Waals surface area contributed by atoms with Crippen LogP contribution in [0.15, 0.2) is 42.5 Å². The molecule has 0 unspecified atom stereocenters. The molecule has 2 aliphatic rings. The topological polar surface area (TPSA) is 50.8 Å². The van der Waals surface area contributed by atoms with E-state index in [-0.39, 0.29) is 29.3 Å². The maximum Gasteiger partial charge on any atom is 0.223 e. The number of carbonyl (C=O) groups excluding carboxylic acids is 1. The second-order valence-electron chi connectivity index (χ2n) is 9.17. The van der Waals surface area contributed by atoms with E-state index < -0.39 is 0 Å². The molecule has 5 nitrogen and oxygen atoms in total. The molecular weight excluding hydrogens is 395 g/mol. The number of amides is 1. The molecule has 2 heterocycles. The lowest BCUT2D eigenvalue weighted by molar-refractivity contribution is -0.127. The molecule has 6 heteroatoms. The Morgan fingerprint density at radius 2 is 1.97 bits per heavy atom. The van der Waals surface area contributed by atoms with Crippen molar-refractivity contribution in [3.63, 3.8) is 0 Å². The number of halogens is 1. The molecule has 0 saturated carbocycles. The molecule has 1 saturated heterocycles. The SMILES string of the molecule is COc1ccc2c(c1)[C@H](NC(=O)C1CCN(Cc3ccccc3F)CC1)CC(C)(C)O2. The van der Waals surface area contributed by atoms with E-state index >= 15 is 0 Å². The number of hydrogen-bond acceptors (Lipinski definition) is 4. The van der Waals surface area contributed by atoms with Crippen molar-refractivity contribution in [1.82, 2.24) is 10.2 Å². The fourth-order valence-corrected chi connectivity index (χ4v) is 4.60. The van der Waals surface area contributed by atoms with Gasteiger partial charge in [0.2, 0.25) is 5.91 Å². The Hall–Kier alpha value is -2.60. The molecule has 1 N–H and O–H groups in total. The van der Waals surface area contributed by atoms with Gasteiger partial charge in [-0.2, -0.15) is 0 Å². The first-order chi connectivity index (χ1) is 14.8. The monoisotopic (exact) mass is 426 g/mol. The zero-order chi connectivity index (χ0) is 22.0. The first-order valence-corrected chi connectivity index (χ1v) is 11.0. The quantitative estimate of drug-likeness (QED) is 0.767. The van der Waals surface area contributed by atoms with Crippen LogP contribution in [-0.4, -0.2) is 36.6 Å². The Kier molecular flexibility index (Phi) is 6.19. The van der Waals surface area contributed by atoms with Crippen molar-refractivity contribution in [2.24, 2.45) is 5.92 Å². The highest BCUT2D eigenvalue weighted by molar-refractivity contribution is 5.79. The number of hydrogen-bond donors (Lipinski definition) is 1. The van der Waals surface area contributed by atoms with E-state index in [1.165, 1.54) is 6.07 Å². The van der Waals surface area contributed by atoms with Crippen LogP contribution in [0.4, 0.5) is 4.39 Å². The number of piperidine rings is 1. The van der Waals surface area contributed by atoms with Crippen molar-refractivity contribution >= 4 is 5.91 Å². The molecule has 0 aromatic heterocycles. The number of benzene rings is 2. The molecule has 4 rings (SSSR count). The van der Waals surface area contributed by atoms with Crippen LogP contribution in [0, 0.1) is 11.7 Å². The van der Waals surface area contributed by atoms with Gasteiger partial charge in [0.15, 0.2) is 0 Å². The van der Waals surface area contributed by atoms with Gasteiger partial charge in [-0.1, -0.05) is 18.2 Å². The second kappa shape index (κ2) is 8.87. The summed E-state index contributed by atoms with van der Waals surface area (Å²) in [6.07, 6.45) is 2.25. The van der Waals surface area contributed by atoms with Crippen molar-refractivity contribution in [1.29, 1.82) is 0 Å². The maximum absolute atomic E-state index is 13.9. The van der Waals surface area contributed by atoms with Crippen LogP contribution >= 0.6 is 0 Å². The van der Waals surface area contributed by atoms with Gasteiger partial charge in [-0.25, -0.2) is 4.39 Å². The highest BCUT2D eigenvalue weighted by atomic mass is 19.1. The minimum atomic E-state index is -0.358. The van der Waals surface area contributed by atoms with Crippen molar-refractivity contribution in [2.45, 2.75) is 51.3 Å². The lowest BCUT2D eigenvalue weighted by atomic mass is 9.88. The minimum Gasteiger partial charge on any atom is -0.497 e. The summed E-state index contributed by atoms with van der Waals surface area (Å²) in [5.74, 6) is 1.43. The van der Waals surface area contributed by atoms with E-state index in [0.29, 0.717) is 18.5 Å². The Bertz CT molecular complexity index is 938. The second-order valence-corrected chi connectivity index (χ2v) is 9.17. The Labute approximate surface area is 183 Å². The third-order valence-corrected chi connectivity index (χ3v) is 6.30. The molecular formula is C25H31FN2O3. The van der Waals surface area contributed by atoms with Crippen molar-refractivity contribution < 1.29 is 18.7 Å². The number of methoxy groups -OCH3 is 1. The first kappa shape index (κ1) is 21.6. The predicted molar refractivity (Wildman–Crippen MR) is 118 cm³/mol. The van der Waals surface area contributed by atoms with E-state index in [1.807, 2.05) is 44.2 Å². The van der Waals surface area contributed by atoms with Crippen LogP contribution in [0.5, 0.6) is 11.5 Å². The standard InChI is InChI=1S/C25H31FN2O3/c1-25(2)15-22(20-14-19(30-3)8-9-23(20)31-25)27-24(29)17-10-12-28(13-11-17)16-18-6-4-5-7-21(18)26/h4-9,14,17,22H,10-13,15-16H2,1-3H3,(H,27,29)/t22-/m1/s1. The maximum atomic E-state index is 13.9. The third-order valence-electron chi connectivity index (χ3n) is 6.30. The smallest absolute Gasteiger partial charge is 0.223 e. The predicted octanol–water partition coefficient (Wildman–Crippen LogP) is 4.46. The third kappa shape index (κ3) is 5.01. The van der Waals surface area contributed by atoms with Gasteiger partial charge >= 0.3 is 0 Å². The largest absolute Gasteiger partial charge is 0.497 e. The Morgan fingerprint density at radius 3 is 2.68 bits per heavy atom. The van der Waals surface area contributed by atoms with Gasteiger partial charge in [-0.05, 0) is 64.0 Å². The zero-order valence-corrected chi connectivity index (χ0v) is 18.5. The van der Waals surface area contributed by atoms with Gasteiger partial charge in [-0.15, -0.1) is 0 Å². The molecule has 2 aromatic carbocycles. The summed E-state index contributed by atoms with van der Waals surface area (Å²) in [5.41, 5.74) is 1.31. The molecule has 2 aliphatic heterocycles. The summed E-state index contributed by atoms with van der Waals surface area (Å²) in [6, 6.07) is 12.5. The lowest BCUT2D eigenvalue weighted by Crippen LogP contribution is -2.45. The van der Waals surface area contributed by atoms with Gasteiger partial charge in [0.25, 0.3) is 0 Å². The summed E-state index contributed by atoms with van der Waals surface area (Å²) in [4.78, 5) is 15.3. The number of likely N-dealkylation sites (tertiary alicyclic amines) is 1. The van der Waals surface area contributed by atoms with Crippen LogP contribution in [0.25, 0.3) is 0 Å². The van der Waals surface area contributed by atoms with Gasteiger partial charge in [-0.3, -0.25) is 9.69 Å². The summed E-state index contributed by atoms with van der Waals surface area (Å²) < 4.78 is 25.4. The number of fused-ring (bicyclic) bond motifs is 1. The lowest BCUT2D eigenvalue weighted by Gasteiger charge is -2.39. The van der Waals surface area contributed by atoms with Gasteiger partial charge in [0, 0.05) is 30.0 Å². The molecule has 1 amide bonds. The Balaban J connectivity index is 1.38. The summed E-state index contributed by atoms with van der Waals surface area (Å²) in [5, 5.41) is 3.27. The molecule has 0 spiro atoms. The summed E-state index contributed by atoms with van der Waals surface area (Å²) in [7, 11) is 1.64. The minimum absolute atomic E-state index is 0.0307. The van der Waals surface area contributed by atoms with E-state index in [9.17, 15) is 9.18 Å². The molecule has 0 aliphatic carbocycles. The number of rotatable bonds is 5. The van der Waals surface area contributed by atoms with Gasteiger partial charge in [0.05, 0.1) is 13.2 Å². The van der Waals surface area contributed by atoms with E-state index in [0.717, 1.165) is 43.0 Å². The molecule has 0 bridgehead atoms. The average molecular weight is 427 g/mol. The van der Waals surface area contributed by atoms with Crippen molar-refractivity contribution in [3.05, 3.63) is 59.4 Å². The average Bonchev–Trinajstić information content (AvgIpc) is 2.75. The fourth-order valence-electron chi connectivity index (χ4n) is 4.60. The van der Waals surface area contributed by atoms with Crippen molar-refractivity contribution in [2.75, 3.05) is 20.2 Å². The summed E-state index contributed by atoms with van der Waals surface area (Å²) >= 11 is 0. The normalized spacial score (nSPS) is 21.1. The number of nitrogens with one attached hydrogen (secondary N) is 1. The van der Waals surface area contributed by atoms with Gasteiger partial charge in [0.1, 0.15) is 22.9 Å². The highest BCUT2D eigenvalue weighted by Crippen LogP contribution is 2.41. The van der Waals surface area contributed by atoms with E-state index in [4.69, 9.17) is 9.47 Å². The van der Waals surface area contributed by atoms with Crippen LogP contribution < -0.4 is 14.8 Å². The number of ether oxygens (including phenoxy) is 2. The van der Waals surface area contributed by atoms with Crippen molar-refractivity contribution in [3.8, 4) is 11.5 Å². The van der Waals surface area contributed by atoms with Gasteiger partial charge < -0.3 is 14.8 Å². The van der Waals surface area contributed by atoms with Crippen LogP contribution in [-0.2, 0) is 11.3 Å². The fraction of sp³-hybridized carbons (Fsp3) is 0.480. The number of carbonyl (C=O) groups is 1. The molecule has 1 fully saturated rings. The van der Waals surface area contributed by atoms with Crippen LogP contribution in [0.1, 0.15) is 50.3 Å². The molecule has 31 heavy (non-hydrogen) atoms. The van der Waals surface area contributed by atoms with Crippen LogP contribution in [0.2, 0.25) is 0 Å². The molecule has 166 valence electrons. The number of nitrogens with zero attached hydrogens (tertiary/aromatic N) is 1. The first-order valence-electron chi connectivity index (χ1n) is 11.0. The molecule has 1 atom stereocenters.